The van der Waals surface area contributed by atoms with E-state index in [1.165, 1.54) is 0 Å². The van der Waals surface area contributed by atoms with Crippen molar-refractivity contribution in [2.75, 3.05) is 23.6 Å². The van der Waals surface area contributed by atoms with Gasteiger partial charge in [-0.25, -0.2) is 4.79 Å². The number of hydrogen-bond donors (Lipinski definition) is 2. The molecule has 0 aliphatic carbocycles. The number of amides is 2. The smallest absolute Gasteiger partial charge is 0.341 e. The average molecular weight is 352 g/mol. The summed E-state index contributed by atoms with van der Waals surface area (Å²) in [5.41, 5.74) is 0.572. The van der Waals surface area contributed by atoms with Crippen molar-refractivity contribution in [1.29, 1.82) is 0 Å². The van der Waals surface area contributed by atoms with E-state index in [-0.39, 0.29) is 11.8 Å². The van der Waals surface area contributed by atoms with E-state index < -0.39 is 18.6 Å². The monoisotopic (exact) mass is 352 g/mol. The molecule has 2 amide bonds. The lowest BCUT2D eigenvalue weighted by Crippen LogP contribution is -2.44. The molecule has 8 heteroatoms. The first-order valence-electron chi connectivity index (χ1n) is 7.64. The van der Waals surface area contributed by atoms with Gasteiger partial charge in [0.2, 0.25) is 11.8 Å². The number of carboxylic acids is 1. The highest BCUT2D eigenvalue weighted by atomic mass is 32.2. The van der Waals surface area contributed by atoms with Crippen molar-refractivity contribution in [2.45, 2.75) is 25.8 Å². The highest BCUT2D eigenvalue weighted by Gasteiger charge is 2.34. The number of nitrogens with zero attached hydrogens (tertiary/aromatic N) is 1. The fourth-order valence-corrected chi connectivity index (χ4v) is 3.45. The second-order valence-electron chi connectivity index (χ2n) is 5.33. The van der Waals surface area contributed by atoms with E-state index in [9.17, 15) is 14.4 Å². The van der Waals surface area contributed by atoms with Crippen LogP contribution in [0.2, 0.25) is 0 Å². The Morgan fingerprint density at radius 1 is 1.33 bits per heavy atom. The molecule has 1 fully saturated rings. The lowest BCUT2D eigenvalue weighted by atomic mass is 10.2. The molecule has 1 aliphatic rings. The lowest BCUT2D eigenvalue weighted by molar-refractivity contribution is -0.139. The van der Waals surface area contributed by atoms with Gasteiger partial charge >= 0.3 is 5.97 Å². The van der Waals surface area contributed by atoms with Crippen molar-refractivity contribution in [3.63, 3.8) is 0 Å². The minimum Gasteiger partial charge on any atom is -0.482 e. The van der Waals surface area contributed by atoms with Crippen molar-refractivity contribution in [2.24, 2.45) is 0 Å². The average Bonchev–Trinajstić information content (AvgIpc) is 3.04. The predicted octanol–water partition coefficient (Wildman–Crippen LogP) is 1.79. The molecule has 1 heterocycles. The van der Waals surface area contributed by atoms with E-state index in [1.54, 1.807) is 40.9 Å². The van der Waals surface area contributed by atoms with E-state index in [1.807, 2.05) is 6.92 Å². The third kappa shape index (κ3) is 4.89. The summed E-state index contributed by atoms with van der Waals surface area (Å²) in [4.78, 5) is 36.5. The van der Waals surface area contributed by atoms with E-state index in [2.05, 4.69) is 5.32 Å². The molecule has 0 aromatic heterocycles. The second kappa shape index (κ2) is 8.58. The Morgan fingerprint density at radius 3 is 2.67 bits per heavy atom. The summed E-state index contributed by atoms with van der Waals surface area (Å²) in [6.07, 6.45) is 1.20. The fourth-order valence-electron chi connectivity index (χ4n) is 2.27. The van der Waals surface area contributed by atoms with Gasteiger partial charge in [0, 0.05) is 17.9 Å². The number of benzene rings is 1. The Balaban J connectivity index is 1.93. The summed E-state index contributed by atoms with van der Waals surface area (Å²) in [6.45, 7) is 1.52. The number of nitrogens with one attached hydrogen (secondary N) is 1. The van der Waals surface area contributed by atoms with Crippen LogP contribution in [-0.2, 0) is 14.4 Å². The molecule has 1 saturated heterocycles. The van der Waals surface area contributed by atoms with E-state index in [0.29, 0.717) is 29.5 Å². The molecule has 0 radical (unpaired) electrons. The van der Waals surface area contributed by atoms with Crippen LogP contribution in [0.5, 0.6) is 5.75 Å². The second-order valence-corrected chi connectivity index (χ2v) is 6.33. The molecule has 24 heavy (non-hydrogen) atoms. The Hall–Kier alpha value is -2.22. The number of carbonyl (C=O) groups is 3. The maximum Gasteiger partial charge on any atom is 0.341 e. The molecule has 1 aromatic rings. The standard InChI is InChI=1S/C16H20N2O5S/c1-2-3-14(19)18-10-24-9-13(18)16(22)17-11-4-6-12(7-5-11)23-8-15(20)21/h4-7,13H,2-3,8-10H2,1H3,(H,17,22)(H,20,21). The van der Waals surface area contributed by atoms with Gasteiger partial charge in [0.1, 0.15) is 11.8 Å². The van der Waals surface area contributed by atoms with Gasteiger partial charge in [-0.2, -0.15) is 0 Å². The predicted molar refractivity (Wildman–Crippen MR) is 91.1 cm³/mol. The van der Waals surface area contributed by atoms with Gasteiger partial charge in [-0.3, -0.25) is 9.59 Å². The summed E-state index contributed by atoms with van der Waals surface area (Å²) >= 11 is 1.56. The SMILES string of the molecule is CCCC(=O)N1CSCC1C(=O)Nc1ccc(OCC(=O)O)cc1. The number of ether oxygens (including phenoxy) is 1. The molecule has 0 bridgehead atoms. The Bertz CT molecular complexity index is 605. The van der Waals surface area contributed by atoms with Crippen molar-refractivity contribution in [1.82, 2.24) is 4.90 Å². The highest BCUT2D eigenvalue weighted by Crippen LogP contribution is 2.24. The highest BCUT2D eigenvalue weighted by molar-refractivity contribution is 7.99. The zero-order chi connectivity index (χ0) is 17.5. The molecule has 1 atom stereocenters. The fraction of sp³-hybridized carbons (Fsp3) is 0.438. The number of carbonyl (C=O) groups excluding carboxylic acids is 2. The minimum absolute atomic E-state index is 0.0000635. The van der Waals surface area contributed by atoms with Crippen LogP contribution in [0.1, 0.15) is 19.8 Å². The quantitative estimate of drug-likeness (QED) is 0.777. The summed E-state index contributed by atoms with van der Waals surface area (Å²) in [5, 5.41) is 11.3. The van der Waals surface area contributed by atoms with Crippen LogP contribution in [0, 0.1) is 0 Å². The first-order valence-corrected chi connectivity index (χ1v) is 8.79. The summed E-state index contributed by atoms with van der Waals surface area (Å²) in [6, 6.07) is 5.98. The van der Waals surface area contributed by atoms with E-state index in [0.717, 1.165) is 6.42 Å². The first kappa shape index (κ1) is 18.1. The van der Waals surface area contributed by atoms with Crippen LogP contribution in [0.25, 0.3) is 0 Å². The summed E-state index contributed by atoms with van der Waals surface area (Å²) in [5.74, 6) is 0.262. The van der Waals surface area contributed by atoms with Crippen molar-refractivity contribution < 1.29 is 24.2 Å². The molecule has 1 aromatic carbocycles. The van der Waals surface area contributed by atoms with Crippen LogP contribution in [0.4, 0.5) is 5.69 Å². The number of anilines is 1. The van der Waals surface area contributed by atoms with E-state index in [4.69, 9.17) is 9.84 Å². The molecule has 7 nitrogen and oxygen atoms in total. The van der Waals surface area contributed by atoms with Crippen molar-refractivity contribution >= 4 is 35.2 Å². The van der Waals surface area contributed by atoms with Crippen molar-refractivity contribution in [3.8, 4) is 5.75 Å². The Kier molecular flexibility index (Phi) is 6.48. The van der Waals surface area contributed by atoms with Crippen LogP contribution in [-0.4, -0.2) is 52.1 Å². The molecule has 130 valence electrons. The first-order chi connectivity index (χ1) is 11.5. The van der Waals surface area contributed by atoms with Gasteiger partial charge < -0.3 is 20.1 Å². The molecule has 1 unspecified atom stereocenters. The molecule has 2 rings (SSSR count). The third-order valence-electron chi connectivity index (χ3n) is 3.45. The molecular formula is C16H20N2O5S. The molecule has 0 saturated carbocycles. The van der Waals surface area contributed by atoms with Crippen molar-refractivity contribution in [3.05, 3.63) is 24.3 Å². The lowest BCUT2D eigenvalue weighted by Gasteiger charge is -2.23. The zero-order valence-corrected chi connectivity index (χ0v) is 14.2. The minimum atomic E-state index is -1.05. The normalized spacial score (nSPS) is 16.7. The summed E-state index contributed by atoms with van der Waals surface area (Å²) < 4.78 is 5.03. The Morgan fingerprint density at radius 2 is 2.04 bits per heavy atom. The maximum atomic E-state index is 12.4. The van der Waals surface area contributed by atoms with Gasteiger partial charge in [-0.05, 0) is 30.7 Å². The molecular weight excluding hydrogens is 332 g/mol. The number of thioether (sulfide) groups is 1. The molecule has 1 aliphatic heterocycles. The number of carboxylic acid groups (broad SMARTS) is 1. The summed E-state index contributed by atoms with van der Waals surface area (Å²) in [7, 11) is 0. The Labute approximate surface area is 144 Å². The number of hydrogen-bond acceptors (Lipinski definition) is 5. The molecule has 0 spiro atoms. The largest absolute Gasteiger partial charge is 0.482 e. The van der Waals surface area contributed by atoms with E-state index >= 15 is 0 Å². The van der Waals surface area contributed by atoms with Gasteiger partial charge in [0.15, 0.2) is 6.61 Å². The van der Waals surface area contributed by atoms with Gasteiger partial charge in [0.05, 0.1) is 5.88 Å². The van der Waals surface area contributed by atoms with Crippen LogP contribution in [0.15, 0.2) is 24.3 Å². The maximum absolute atomic E-state index is 12.4. The van der Waals surface area contributed by atoms with Gasteiger partial charge in [-0.1, -0.05) is 6.92 Å². The van der Waals surface area contributed by atoms with Crippen LogP contribution >= 0.6 is 11.8 Å². The van der Waals surface area contributed by atoms with Gasteiger partial charge in [-0.15, -0.1) is 11.8 Å². The third-order valence-corrected chi connectivity index (χ3v) is 4.47. The zero-order valence-electron chi connectivity index (χ0n) is 13.4. The number of aliphatic carboxylic acids is 1. The topological polar surface area (TPSA) is 95.9 Å². The van der Waals surface area contributed by atoms with Gasteiger partial charge in [0.25, 0.3) is 0 Å². The van der Waals surface area contributed by atoms with Crippen LogP contribution in [0.3, 0.4) is 0 Å². The number of rotatable bonds is 7. The van der Waals surface area contributed by atoms with Crippen LogP contribution < -0.4 is 10.1 Å². The molecule has 2 N–H and O–H groups in total.